The van der Waals surface area contributed by atoms with E-state index in [0.717, 1.165) is 30.4 Å². The summed E-state index contributed by atoms with van der Waals surface area (Å²) in [5.74, 6) is 0. The van der Waals surface area contributed by atoms with E-state index in [2.05, 4.69) is 0 Å². The molecule has 1 aromatic carbocycles. The third-order valence-corrected chi connectivity index (χ3v) is 6.23. The highest BCUT2D eigenvalue weighted by molar-refractivity contribution is 7.89. The van der Waals surface area contributed by atoms with Gasteiger partial charge in [0, 0.05) is 12.6 Å². The van der Waals surface area contributed by atoms with Crippen LogP contribution in [-0.2, 0) is 10.0 Å². The Bertz CT molecular complexity index is 581. The highest BCUT2D eigenvalue weighted by atomic mass is 32.2. The zero-order chi connectivity index (χ0) is 14.2. The molecule has 1 aliphatic rings. The number of anilines is 1. The molecule has 5 heteroatoms. The van der Waals surface area contributed by atoms with Crippen molar-refractivity contribution >= 4 is 15.7 Å². The van der Waals surface area contributed by atoms with Crippen molar-refractivity contribution in [2.24, 2.45) is 0 Å². The molecule has 0 spiro atoms. The summed E-state index contributed by atoms with van der Waals surface area (Å²) in [6, 6.07) is 3.60. The molecule has 1 heterocycles. The minimum Gasteiger partial charge on any atom is -0.398 e. The highest BCUT2D eigenvalue weighted by Crippen LogP contribution is 2.31. The van der Waals surface area contributed by atoms with Crippen LogP contribution in [0.2, 0.25) is 0 Å². The predicted molar refractivity (Wildman–Crippen MR) is 77.5 cm³/mol. The standard InChI is InChI=1S/C14H22N2O2S/c1-10-7-8-13(15)14(12(10)3)19(17,18)16-9-5-4-6-11(16)2/h7-8,11H,4-6,9,15H2,1-3H3. The lowest BCUT2D eigenvalue weighted by molar-refractivity contribution is 0.268. The topological polar surface area (TPSA) is 63.4 Å². The molecule has 0 bridgehead atoms. The molecule has 1 unspecified atom stereocenters. The lowest BCUT2D eigenvalue weighted by atomic mass is 10.1. The number of hydrogen-bond donors (Lipinski definition) is 1. The summed E-state index contributed by atoms with van der Waals surface area (Å²) < 4.78 is 27.3. The lowest BCUT2D eigenvalue weighted by Crippen LogP contribution is -2.42. The normalized spacial score (nSPS) is 21.5. The number of sulfonamides is 1. The zero-order valence-corrected chi connectivity index (χ0v) is 12.6. The van der Waals surface area contributed by atoms with Crippen LogP contribution in [0.4, 0.5) is 5.69 Å². The number of piperidine rings is 1. The average Bonchev–Trinajstić information content (AvgIpc) is 2.34. The van der Waals surface area contributed by atoms with Crippen LogP contribution < -0.4 is 5.73 Å². The van der Waals surface area contributed by atoms with Crippen molar-refractivity contribution in [2.75, 3.05) is 12.3 Å². The molecule has 1 aliphatic heterocycles. The summed E-state index contributed by atoms with van der Waals surface area (Å²) in [5, 5.41) is 0. The highest BCUT2D eigenvalue weighted by Gasteiger charge is 2.33. The largest absolute Gasteiger partial charge is 0.398 e. The van der Waals surface area contributed by atoms with Gasteiger partial charge in [0.2, 0.25) is 10.0 Å². The second-order valence-electron chi connectivity index (χ2n) is 5.39. The monoisotopic (exact) mass is 282 g/mol. The first kappa shape index (κ1) is 14.3. The predicted octanol–water partition coefficient (Wildman–Crippen LogP) is 2.45. The Morgan fingerprint density at radius 2 is 1.95 bits per heavy atom. The summed E-state index contributed by atoms with van der Waals surface area (Å²) in [7, 11) is -3.49. The van der Waals surface area contributed by atoms with Crippen LogP contribution in [0.15, 0.2) is 17.0 Å². The molecule has 0 amide bonds. The van der Waals surface area contributed by atoms with Crippen molar-refractivity contribution in [3.05, 3.63) is 23.3 Å². The number of rotatable bonds is 2. The van der Waals surface area contributed by atoms with Crippen LogP contribution in [0.25, 0.3) is 0 Å². The molecule has 0 radical (unpaired) electrons. The fourth-order valence-electron chi connectivity index (χ4n) is 2.70. The molecule has 4 nitrogen and oxygen atoms in total. The molecule has 0 aromatic heterocycles. The van der Waals surface area contributed by atoms with Gasteiger partial charge in [-0.1, -0.05) is 12.5 Å². The molecule has 19 heavy (non-hydrogen) atoms. The smallest absolute Gasteiger partial charge is 0.245 e. The molecule has 0 aliphatic carbocycles. The van der Waals surface area contributed by atoms with Crippen molar-refractivity contribution in [2.45, 2.75) is 51.0 Å². The number of benzene rings is 1. The van der Waals surface area contributed by atoms with Gasteiger partial charge in [0.1, 0.15) is 4.90 Å². The molecule has 106 valence electrons. The van der Waals surface area contributed by atoms with Gasteiger partial charge in [-0.3, -0.25) is 0 Å². The van der Waals surface area contributed by atoms with Crippen molar-refractivity contribution in [1.82, 2.24) is 4.31 Å². The second kappa shape index (κ2) is 5.13. The SMILES string of the molecule is Cc1ccc(N)c(S(=O)(=O)N2CCCCC2C)c1C. The number of hydrogen-bond acceptors (Lipinski definition) is 3. The van der Waals surface area contributed by atoms with Crippen molar-refractivity contribution in [1.29, 1.82) is 0 Å². The van der Waals surface area contributed by atoms with Crippen LogP contribution in [0.1, 0.15) is 37.3 Å². The summed E-state index contributed by atoms with van der Waals surface area (Å²) in [4.78, 5) is 0.293. The van der Waals surface area contributed by atoms with Gasteiger partial charge >= 0.3 is 0 Å². The van der Waals surface area contributed by atoms with E-state index in [4.69, 9.17) is 5.73 Å². The van der Waals surface area contributed by atoms with E-state index in [9.17, 15) is 8.42 Å². The van der Waals surface area contributed by atoms with Gasteiger partial charge in [-0.25, -0.2) is 8.42 Å². The first-order chi connectivity index (χ1) is 8.85. The van der Waals surface area contributed by atoms with E-state index in [1.807, 2.05) is 26.8 Å². The first-order valence-corrected chi connectivity index (χ1v) is 8.17. The van der Waals surface area contributed by atoms with Crippen molar-refractivity contribution in [3.63, 3.8) is 0 Å². The Labute approximate surface area is 115 Å². The van der Waals surface area contributed by atoms with Crippen LogP contribution in [0.5, 0.6) is 0 Å². The minimum atomic E-state index is -3.49. The van der Waals surface area contributed by atoms with E-state index in [1.54, 1.807) is 10.4 Å². The molecular formula is C14H22N2O2S. The quantitative estimate of drug-likeness (QED) is 0.847. The molecule has 1 aromatic rings. The van der Waals surface area contributed by atoms with Gasteiger partial charge in [-0.15, -0.1) is 0 Å². The Morgan fingerprint density at radius 3 is 2.58 bits per heavy atom. The fraction of sp³-hybridized carbons (Fsp3) is 0.571. The van der Waals surface area contributed by atoms with Gasteiger partial charge in [0.15, 0.2) is 0 Å². The number of nitrogens with zero attached hydrogens (tertiary/aromatic N) is 1. The van der Waals surface area contributed by atoms with Crippen LogP contribution >= 0.6 is 0 Å². The molecule has 0 saturated carbocycles. The van der Waals surface area contributed by atoms with E-state index in [-0.39, 0.29) is 6.04 Å². The summed E-state index contributed by atoms with van der Waals surface area (Å²) in [6.45, 7) is 6.30. The van der Waals surface area contributed by atoms with Gasteiger partial charge in [0.05, 0.1) is 5.69 Å². The van der Waals surface area contributed by atoms with Crippen LogP contribution in [0.3, 0.4) is 0 Å². The van der Waals surface area contributed by atoms with E-state index >= 15 is 0 Å². The molecule has 1 fully saturated rings. The summed E-state index contributed by atoms with van der Waals surface area (Å²) >= 11 is 0. The lowest BCUT2D eigenvalue weighted by Gasteiger charge is -2.33. The number of nitrogen functional groups attached to an aromatic ring is 1. The van der Waals surface area contributed by atoms with Crippen molar-refractivity contribution < 1.29 is 8.42 Å². The van der Waals surface area contributed by atoms with Gasteiger partial charge in [0.25, 0.3) is 0 Å². The van der Waals surface area contributed by atoms with Gasteiger partial charge in [-0.2, -0.15) is 4.31 Å². The summed E-state index contributed by atoms with van der Waals surface area (Å²) in [6.07, 6.45) is 2.94. The maximum atomic E-state index is 12.8. The number of aryl methyl sites for hydroxylation is 1. The third kappa shape index (κ3) is 2.49. The number of nitrogens with two attached hydrogens (primary N) is 1. The maximum Gasteiger partial charge on any atom is 0.245 e. The van der Waals surface area contributed by atoms with Gasteiger partial charge in [-0.05, 0) is 50.8 Å². The van der Waals surface area contributed by atoms with Crippen molar-refractivity contribution in [3.8, 4) is 0 Å². The second-order valence-corrected chi connectivity index (χ2v) is 7.21. The Hall–Kier alpha value is -1.07. The van der Waals surface area contributed by atoms with Crippen LogP contribution in [0, 0.1) is 13.8 Å². The van der Waals surface area contributed by atoms with Gasteiger partial charge < -0.3 is 5.73 Å². The molecule has 2 N–H and O–H groups in total. The fourth-order valence-corrected chi connectivity index (χ4v) is 4.80. The Kier molecular flexibility index (Phi) is 3.87. The molecule has 1 atom stereocenters. The molecule has 1 saturated heterocycles. The first-order valence-electron chi connectivity index (χ1n) is 6.73. The average molecular weight is 282 g/mol. The van der Waals surface area contributed by atoms with E-state index in [1.165, 1.54) is 0 Å². The Morgan fingerprint density at radius 1 is 1.26 bits per heavy atom. The van der Waals surface area contributed by atoms with E-state index in [0.29, 0.717) is 17.1 Å². The zero-order valence-electron chi connectivity index (χ0n) is 11.8. The van der Waals surface area contributed by atoms with E-state index < -0.39 is 10.0 Å². The molecule has 2 rings (SSSR count). The molecular weight excluding hydrogens is 260 g/mol. The minimum absolute atomic E-state index is 0.0538. The summed E-state index contributed by atoms with van der Waals surface area (Å²) in [5.41, 5.74) is 7.99. The third-order valence-electron chi connectivity index (χ3n) is 4.02. The van der Waals surface area contributed by atoms with Crippen LogP contribution in [-0.4, -0.2) is 25.3 Å². The Balaban J connectivity index is 2.53. The maximum absolute atomic E-state index is 12.8.